The number of amides is 1. The zero-order chi connectivity index (χ0) is 16.5. The molecule has 0 saturated heterocycles. The van der Waals surface area contributed by atoms with Crippen molar-refractivity contribution in [2.45, 2.75) is 6.54 Å². The minimum Gasteiger partial charge on any atom is -0.459 e. The summed E-state index contributed by atoms with van der Waals surface area (Å²) in [4.78, 5) is 28.8. The average Bonchev–Trinajstić information content (AvgIpc) is 3.03. The molecule has 0 unspecified atom stereocenters. The van der Waals surface area contributed by atoms with Crippen LogP contribution < -0.4 is 10.9 Å². The van der Waals surface area contributed by atoms with Gasteiger partial charge in [0, 0.05) is 17.8 Å². The maximum Gasteiger partial charge on any atom is 0.270 e. The van der Waals surface area contributed by atoms with Gasteiger partial charge in [0.05, 0.1) is 6.54 Å². The van der Waals surface area contributed by atoms with Gasteiger partial charge >= 0.3 is 0 Å². The summed E-state index contributed by atoms with van der Waals surface area (Å²) in [7, 11) is 0. The number of para-hydroxylation sites is 1. The highest BCUT2D eigenvalue weighted by atomic mass is 16.3. The zero-order valence-electron chi connectivity index (χ0n) is 12.6. The fraction of sp³-hybridized carbons (Fsp3) is 0.0556. The Balaban J connectivity index is 1.58. The van der Waals surface area contributed by atoms with Gasteiger partial charge < -0.3 is 9.73 Å². The van der Waals surface area contributed by atoms with E-state index in [9.17, 15) is 9.59 Å². The molecule has 3 heterocycles. The molecule has 4 aromatic rings. The summed E-state index contributed by atoms with van der Waals surface area (Å²) in [5.41, 5.74) is 0.850. The number of hydrogen-bond acceptors (Lipinski definition) is 4. The molecule has 0 radical (unpaired) electrons. The van der Waals surface area contributed by atoms with Crippen LogP contribution in [0.4, 0.5) is 0 Å². The van der Waals surface area contributed by atoms with Crippen molar-refractivity contribution >= 4 is 22.5 Å². The molecule has 1 N–H and O–H groups in total. The lowest BCUT2D eigenvalue weighted by Gasteiger charge is -2.04. The maximum absolute atomic E-state index is 12.4. The van der Waals surface area contributed by atoms with Gasteiger partial charge in [-0.1, -0.05) is 24.3 Å². The molecule has 118 valence electrons. The number of carbonyl (C=O) groups excluding carboxylic acids is 1. The number of aromatic nitrogens is 2. The summed E-state index contributed by atoms with van der Waals surface area (Å²) in [5, 5.41) is 3.66. The summed E-state index contributed by atoms with van der Waals surface area (Å²) >= 11 is 0. The molecule has 4 rings (SSSR count). The second-order valence-electron chi connectivity index (χ2n) is 5.34. The normalized spacial score (nSPS) is 11.0. The lowest BCUT2D eigenvalue weighted by molar-refractivity contribution is 0.0946. The van der Waals surface area contributed by atoms with Crippen molar-refractivity contribution in [3.8, 4) is 0 Å². The first-order chi connectivity index (χ1) is 11.7. The van der Waals surface area contributed by atoms with Gasteiger partial charge in [-0.3, -0.25) is 14.0 Å². The molecule has 6 heteroatoms. The quantitative estimate of drug-likeness (QED) is 0.629. The lowest BCUT2D eigenvalue weighted by atomic mass is 10.2. The van der Waals surface area contributed by atoms with Crippen LogP contribution in [0.1, 0.15) is 16.1 Å². The van der Waals surface area contributed by atoms with E-state index in [0.29, 0.717) is 11.4 Å². The zero-order valence-corrected chi connectivity index (χ0v) is 12.6. The molecular formula is C18H13N3O3. The van der Waals surface area contributed by atoms with Crippen LogP contribution in [-0.4, -0.2) is 15.3 Å². The summed E-state index contributed by atoms with van der Waals surface area (Å²) in [6, 6.07) is 14.7. The molecule has 1 amide bonds. The van der Waals surface area contributed by atoms with Crippen molar-refractivity contribution in [3.05, 3.63) is 82.6 Å². The molecule has 0 bridgehead atoms. The van der Waals surface area contributed by atoms with E-state index in [4.69, 9.17) is 4.42 Å². The molecule has 0 aliphatic heterocycles. The van der Waals surface area contributed by atoms with E-state index in [1.807, 2.05) is 30.3 Å². The fourth-order valence-corrected chi connectivity index (χ4v) is 2.57. The molecule has 0 atom stereocenters. The fourth-order valence-electron chi connectivity index (χ4n) is 2.57. The average molecular weight is 319 g/mol. The topological polar surface area (TPSA) is 76.6 Å². The van der Waals surface area contributed by atoms with E-state index in [0.717, 1.165) is 11.0 Å². The van der Waals surface area contributed by atoms with Crippen LogP contribution in [0.15, 0.2) is 70.1 Å². The molecule has 24 heavy (non-hydrogen) atoms. The maximum atomic E-state index is 12.4. The highest BCUT2D eigenvalue weighted by Crippen LogP contribution is 2.18. The van der Waals surface area contributed by atoms with E-state index >= 15 is 0 Å². The Labute approximate surface area is 136 Å². The third-order valence-corrected chi connectivity index (χ3v) is 3.76. The summed E-state index contributed by atoms with van der Waals surface area (Å²) < 4.78 is 6.98. The molecule has 0 aliphatic carbocycles. The largest absolute Gasteiger partial charge is 0.459 e. The Hall–Kier alpha value is -3.41. The van der Waals surface area contributed by atoms with E-state index in [1.165, 1.54) is 10.6 Å². The molecule has 1 aromatic carbocycles. The van der Waals surface area contributed by atoms with Crippen molar-refractivity contribution in [1.29, 1.82) is 0 Å². The molecular weight excluding hydrogens is 306 g/mol. The Bertz CT molecular complexity index is 1080. The Kier molecular flexibility index (Phi) is 3.35. The van der Waals surface area contributed by atoms with Crippen LogP contribution in [0, 0.1) is 0 Å². The third-order valence-electron chi connectivity index (χ3n) is 3.76. The highest BCUT2D eigenvalue weighted by molar-refractivity contribution is 5.93. The van der Waals surface area contributed by atoms with E-state index in [1.54, 1.807) is 24.4 Å². The number of furan rings is 1. The summed E-state index contributed by atoms with van der Waals surface area (Å²) in [6.07, 6.45) is 2.88. The van der Waals surface area contributed by atoms with Gasteiger partial charge in [-0.15, -0.1) is 0 Å². The van der Waals surface area contributed by atoms with E-state index in [-0.39, 0.29) is 12.1 Å². The standard InChI is InChI=1S/C18H13N3O3/c22-17(14-11-19-16-7-3-4-8-21(16)18(14)23)20-10-13-9-12-5-1-2-6-15(12)24-13/h1-9,11H,10H2,(H,20,22). The van der Waals surface area contributed by atoms with Crippen molar-refractivity contribution in [1.82, 2.24) is 14.7 Å². The van der Waals surface area contributed by atoms with Gasteiger partial charge in [-0.25, -0.2) is 4.98 Å². The predicted octanol–water partition coefficient (Wildman–Crippen LogP) is 2.37. The van der Waals surface area contributed by atoms with Gasteiger partial charge in [0.25, 0.3) is 11.5 Å². The van der Waals surface area contributed by atoms with Crippen molar-refractivity contribution in [2.75, 3.05) is 0 Å². The van der Waals surface area contributed by atoms with Gasteiger partial charge in [0.15, 0.2) is 0 Å². The van der Waals surface area contributed by atoms with Gasteiger partial charge in [0.2, 0.25) is 0 Å². The second kappa shape index (κ2) is 5.66. The minimum atomic E-state index is -0.480. The number of pyridine rings is 1. The number of rotatable bonds is 3. The van der Waals surface area contributed by atoms with Crippen LogP contribution in [0.5, 0.6) is 0 Å². The summed E-state index contributed by atoms with van der Waals surface area (Å²) in [5.74, 6) is 0.143. The van der Waals surface area contributed by atoms with Crippen LogP contribution >= 0.6 is 0 Å². The number of fused-ring (bicyclic) bond motifs is 2. The van der Waals surface area contributed by atoms with Crippen molar-refractivity contribution in [3.63, 3.8) is 0 Å². The molecule has 0 aliphatic rings. The van der Waals surface area contributed by atoms with Crippen LogP contribution in [0.25, 0.3) is 16.6 Å². The smallest absolute Gasteiger partial charge is 0.270 e. The van der Waals surface area contributed by atoms with Crippen molar-refractivity contribution in [2.24, 2.45) is 0 Å². The molecule has 0 fully saturated rings. The SMILES string of the molecule is O=C(NCc1cc2ccccc2o1)c1cnc2ccccn2c1=O. The number of hydrogen-bond donors (Lipinski definition) is 1. The Morgan fingerprint density at radius 2 is 2.00 bits per heavy atom. The minimum absolute atomic E-state index is 0.00480. The van der Waals surface area contributed by atoms with Gasteiger partial charge in [-0.2, -0.15) is 0 Å². The van der Waals surface area contributed by atoms with Gasteiger partial charge in [0.1, 0.15) is 22.6 Å². The summed E-state index contributed by atoms with van der Waals surface area (Å²) in [6.45, 7) is 0.199. The highest BCUT2D eigenvalue weighted by Gasteiger charge is 2.13. The molecule has 0 saturated carbocycles. The number of nitrogens with one attached hydrogen (secondary N) is 1. The predicted molar refractivity (Wildman–Crippen MR) is 88.8 cm³/mol. The second-order valence-corrected chi connectivity index (χ2v) is 5.34. The monoisotopic (exact) mass is 319 g/mol. The molecule has 6 nitrogen and oxygen atoms in total. The Morgan fingerprint density at radius 3 is 2.88 bits per heavy atom. The number of benzene rings is 1. The molecule has 0 spiro atoms. The Morgan fingerprint density at radius 1 is 1.17 bits per heavy atom. The number of carbonyl (C=O) groups is 1. The van der Waals surface area contributed by atoms with E-state index < -0.39 is 11.5 Å². The van der Waals surface area contributed by atoms with Crippen LogP contribution in [0.2, 0.25) is 0 Å². The van der Waals surface area contributed by atoms with Gasteiger partial charge in [-0.05, 0) is 24.3 Å². The first kappa shape index (κ1) is 14.2. The first-order valence-corrected chi connectivity index (χ1v) is 7.44. The van der Waals surface area contributed by atoms with Crippen LogP contribution in [0.3, 0.4) is 0 Å². The van der Waals surface area contributed by atoms with E-state index in [2.05, 4.69) is 10.3 Å². The van der Waals surface area contributed by atoms with Crippen molar-refractivity contribution < 1.29 is 9.21 Å². The lowest BCUT2D eigenvalue weighted by Crippen LogP contribution is -2.31. The molecule has 3 aromatic heterocycles. The number of nitrogens with zero attached hydrogens (tertiary/aromatic N) is 2. The first-order valence-electron chi connectivity index (χ1n) is 7.44. The van der Waals surface area contributed by atoms with Crippen LogP contribution in [-0.2, 0) is 6.54 Å². The third kappa shape index (κ3) is 2.44.